The van der Waals surface area contributed by atoms with E-state index in [2.05, 4.69) is 54.2 Å². The van der Waals surface area contributed by atoms with E-state index in [0.717, 1.165) is 26.2 Å². The Morgan fingerprint density at radius 2 is 1.12 bits per heavy atom. The lowest BCUT2D eigenvalue weighted by molar-refractivity contribution is 0.0260. The summed E-state index contributed by atoms with van der Waals surface area (Å²) in [4.78, 5) is 10.1. The summed E-state index contributed by atoms with van der Waals surface area (Å²) in [5.74, 6) is 0. The number of hydrogen-bond donors (Lipinski definition) is 0. The molecule has 5 heteroatoms. The monoisotopic (exact) mass is 342 g/mol. The van der Waals surface area contributed by atoms with Gasteiger partial charge in [-0.2, -0.15) is 0 Å². The van der Waals surface area contributed by atoms with Crippen molar-refractivity contribution in [3.63, 3.8) is 0 Å². The van der Waals surface area contributed by atoms with Crippen LogP contribution in [0.1, 0.15) is 41.0 Å². The minimum absolute atomic E-state index is 0.218. The molecule has 0 aliphatic carbocycles. The van der Waals surface area contributed by atoms with Gasteiger partial charge in [-0.1, -0.05) is 0 Å². The molecule has 4 nitrogen and oxygen atoms in total. The molecule has 0 amide bonds. The summed E-state index contributed by atoms with van der Waals surface area (Å²) >= 11 is 0. The first-order valence-corrected chi connectivity index (χ1v) is 9.73. The standard InChI is InChI=1S/C19H39FN4/c1-18(2,3)23-14-10-21(11-15-23)8-6-19(4,5)24-16-12-22(9-7-20)13-17-24/h6-17H2,1-5H3. The lowest BCUT2D eigenvalue weighted by atomic mass is 9.96. The van der Waals surface area contributed by atoms with Gasteiger partial charge in [-0.05, 0) is 47.6 Å². The van der Waals surface area contributed by atoms with Crippen LogP contribution in [0.3, 0.4) is 0 Å². The molecule has 0 radical (unpaired) electrons. The molecule has 0 aromatic heterocycles. The van der Waals surface area contributed by atoms with Gasteiger partial charge in [-0.15, -0.1) is 0 Å². The SMILES string of the molecule is CC(C)(C)N1CCN(CCC(C)(C)N2CCN(CCF)CC2)CC1. The molecule has 2 aliphatic heterocycles. The van der Waals surface area contributed by atoms with Crippen LogP contribution in [-0.2, 0) is 0 Å². The number of rotatable bonds is 6. The van der Waals surface area contributed by atoms with Gasteiger partial charge < -0.3 is 4.90 Å². The highest BCUT2D eigenvalue weighted by Crippen LogP contribution is 2.22. The van der Waals surface area contributed by atoms with E-state index < -0.39 is 0 Å². The second-order valence-electron chi connectivity index (χ2n) is 9.08. The second-order valence-corrected chi connectivity index (χ2v) is 9.08. The number of piperazine rings is 2. The molecule has 0 spiro atoms. The van der Waals surface area contributed by atoms with Crippen LogP contribution in [0.2, 0.25) is 0 Å². The number of hydrogen-bond acceptors (Lipinski definition) is 4. The van der Waals surface area contributed by atoms with E-state index in [-0.39, 0.29) is 12.2 Å². The third kappa shape index (κ3) is 5.65. The van der Waals surface area contributed by atoms with Gasteiger partial charge >= 0.3 is 0 Å². The largest absolute Gasteiger partial charge is 0.301 e. The molecule has 0 unspecified atom stereocenters. The Labute approximate surface area is 149 Å². The second kappa shape index (κ2) is 8.43. The molecular weight excluding hydrogens is 303 g/mol. The number of halogens is 1. The molecule has 2 fully saturated rings. The van der Waals surface area contributed by atoms with Crippen molar-refractivity contribution in [3.05, 3.63) is 0 Å². The average Bonchev–Trinajstić information content (AvgIpc) is 2.53. The highest BCUT2D eigenvalue weighted by Gasteiger charge is 2.31. The molecule has 2 saturated heterocycles. The molecule has 2 rings (SSSR count). The van der Waals surface area contributed by atoms with Gasteiger partial charge in [0.15, 0.2) is 0 Å². The van der Waals surface area contributed by atoms with Crippen LogP contribution in [0.15, 0.2) is 0 Å². The topological polar surface area (TPSA) is 13.0 Å². The third-order valence-corrected chi connectivity index (χ3v) is 5.99. The van der Waals surface area contributed by atoms with Crippen LogP contribution in [0.4, 0.5) is 4.39 Å². The maximum absolute atomic E-state index is 12.5. The summed E-state index contributed by atoms with van der Waals surface area (Å²) in [5, 5.41) is 0. The van der Waals surface area contributed by atoms with Crippen molar-refractivity contribution in [2.45, 2.75) is 52.1 Å². The molecule has 0 N–H and O–H groups in total. The van der Waals surface area contributed by atoms with Crippen molar-refractivity contribution < 1.29 is 4.39 Å². The van der Waals surface area contributed by atoms with Gasteiger partial charge in [0, 0.05) is 70.0 Å². The van der Waals surface area contributed by atoms with E-state index in [0.29, 0.717) is 12.1 Å². The highest BCUT2D eigenvalue weighted by molar-refractivity contribution is 4.88. The van der Waals surface area contributed by atoms with E-state index in [9.17, 15) is 4.39 Å². The van der Waals surface area contributed by atoms with Gasteiger partial charge in [0.25, 0.3) is 0 Å². The van der Waals surface area contributed by atoms with E-state index in [1.165, 1.54) is 39.1 Å². The zero-order valence-corrected chi connectivity index (χ0v) is 16.7. The van der Waals surface area contributed by atoms with Crippen LogP contribution >= 0.6 is 0 Å². The normalized spacial score (nSPS) is 23.8. The molecule has 2 aliphatic rings. The zero-order valence-electron chi connectivity index (χ0n) is 16.7. The van der Waals surface area contributed by atoms with Crippen LogP contribution in [0, 0.1) is 0 Å². The first-order chi connectivity index (χ1) is 11.2. The van der Waals surface area contributed by atoms with E-state index in [4.69, 9.17) is 0 Å². The van der Waals surface area contributed by atoms with E-state index >= 15 is 0 Å². The number of nitrogens with zero attached hydrogens (tertiary/aromatic N) is 4. The average molecular weight is 343 g/mol. The predicted molar refractivity (Wildman–Crippen MR) is 100 cm³/mol. The Morgan fingerprint density at radius 1 is 0.667 bits per heavy atom. The van der Waals surface area contributed by atoms with Gasteiger partial charge in [0.05, 0.1) is 0 Å². The Hall–Kier alpha value is -0.230. The van der Waals surface area contributed by atoms with Gasteiger partial charge in [0.2, 0.25) is 0 Å². The van der Waals surface area contributed by atoms with Crippen molar-refractivity contribution in [1.82, 2.24) is 19.6 Å². The van der Waals surface area contributed by atoms with E-state index in [1.807, 2.05) is 0 Å². The zero-order chi connectivity index (χ0) is 17.8. The molecule has 24 heavy (non-hydrogen) atoms. The summed E-state index contributed by atoms with van der Waals surface area (Å²) < 4.78 is 12.5. The van der Waals surface area contributed by atoms with Gasteiger partial charge in [0.1, 0.15) is 6.67 Å². The molecule has 0 bridgehead atoms. The minimum atomic E-state index is -0.218. The number of alkyl halides is 1. The smallest absolute Gasteiger partial charge is 0.102 e. The Morgan fingerprint density at radius 3 is 1.58 bits per heavy atom. The Bertz CT molecular complexity index is 364. The summed E-state index contributed by atoms with van der Waals surface area (Å²) in [7, 11) is 0. The van der Waals surface area contributed by atoms with Gasteiger partial charge in [-0.3, -0.25) is 14.7 Å². The fourth-order valence-electron chi connectivity index (χ4n) is 3.93. The summed E-state index contributed by atoms with van der Waals surface area (Å²) in [5.41, 5.74) is 0.535. The maximum atomic E-state index is 12.5. The first kappa shape index (κ1) is 20.1. The quantitative estimate of drug-likeness (QED) is 0.733. The van der Waals surface area contributed by atoms with Crippen molar-refractivity contribution in [3.8, 4) is 0 Å². The highest BCUT2D eigenvalue weighted by atomic mass is 19.1. The summed E-state index contributed by atoms with van der Waals surface area (Å²) in [6, 6.07) is 0. The van der Waals surface area contributed by atoms with Crippen LogP contribution in [0.25, 0.3) is 0 Å². The van der Waals surface area contributed by atoms with Crippen molar-refractivity contribution in [2.75, 3.05) is 72.1 Å². The molecule has 0 aromatic carbocycles. The first-order valence-electron chi connectivity index (χ1n) is 9.73. The lowest BCUT2D eigenvalue weighted by Gasteiger charge is -2.46. The van der Waals surface area contributed by atoms with Crippen LogP contribution in [-0.4, -0.2) is 103 Å². The maximum Gasteiger partial charge on any atom is 0.102 e. The predicted octanol–water partition coefficient (Wildman–Crippen LogP) is 2.16. The van der Waals surface area contributed by atoms with Crippen LogP contribution in [0.5, 0.6) is 0 Å². The Kier molecular flexibility index (Phi) is 7.06. The summed E-state index contributed by atoms with van der Waals surface area (Å²) in [6.07, 6.45) is 1.21. The fourth-order valence-corrected chi connectivity index (χ4v) is 3.93. The molecule has 2 heterocycles. The van der Waals surface area contributed by atoms with E-state index in [1.54, 1.807) is 0 Å². The third-order valence-electron chi connectivity index (χ3n) is 5.99. The molecule has 142 valence electrons. The molecule has 0 atom stereocenters. The molecule has 0 aromatic rings. The summed E-state index contributed by atoms with van der Waals surface area (Å²) in [6.45, 7) is 22.2. The van der Waals surface area contributed by atoms with Crippen molar-refractivity contribution in [1.29, 1.82) is 0 Å². The fraction of sp³-hybridized carbons (Fsp3) is 1.00. The lowest BCUT2D eigenvalue weighted by Crippen LogP contribution is -2.57. The van der Waals surface area contributed by atoms with Crippen molar-refractivity contribution in [2.24, 2.45) is 0 Å². The molecular formula is C19H39FN4. The van der Waals surface area contributed by atoms with Gasteiger partial charge in [-0.25, -0.2) is 4.39 Å². The Balaban J connectivity index is 1.72. The van der Waals surface area contributed by atoms with Crippen LogP contribution < -0.4 is 0 Å². The van der Waals surface area contributed by atoms with Crippen molar-refractivity contribution >= 4 is 0 Å². The minimum Gasteiger partial charge on any atom is -0.301 e. The molecule has 0 saturated carbocycles.